The van der Waals surface area contributed by atoms with Crippen molar-refractivity contribution in [1.82, 2.24) is 20.4 Å². The van der Waals surface area contributed by atoms with E-state index in [4.69, 9.17) is 0 Å². The highest BCUT2D eigenvalue weighted by atomic mass is 32.1. The first-order chi connectivity index (χ1) is 13.6. The average molecular weight is 401 g/mol. The van der Waals surface area contributed by atoms with Crippen molar-refractivity contribution in [3.63, 3.8) is 0 Å². The van der Waals surface area contributed by atoms with Crippen LogP contribution in [0.15, 0.2) is 30.3 Å². The Morgan fingerprint density at radius 2 is 1.82 bits per heavy atom. The van der Waals surface area contributed by atoms with E-state index in [1.165, 1.54) is 11.3 Å². The molecule has 0 spiro atoms. The van der Waals surface area contributed by atoms with E-state index in [0.29, 0.717) is 24.1 Å². The lowest BCUT2D eigenvalue weighted by atomic mass is 10.2. The summed E-state index contributed by atoms with van der Waals surface area (Å²) in [6.07, 6.45) is 2.29. The lowest BCUT2D eigenvalue weighted by Crippen LogP contribution is -2.54. The van der Waals surface area contributed by atoms with Crippen LogP contribution in [-0.2, 0) is 4.79 Å². The van der Waals surface area contributed by atoms with E-state index >= 15 is 0 Å². The zero-order valence-electron chi connectivity index (χ0n) is 15.8. The SMILES string of the molecule is CC(NC(=O)N1CCN(c2ccccc2)CC1)C(=O)Nc1nnc(C2CC2)s1. The second kappa shape index (κ2) is 8.14. The Labute approximate surface area is 167 Å². The van der Waals surface area contributed by atoms with Gasteiger partial charge < -0.3 is 15.1 Å². The summed E-state index contributed by atoms with van der Waals surface area (Å²) in [5.74, 6) is 0.226. The number of urea groups is 1. The number of anilines is 2. The largest absolute Gasteiger partial charge is 0.368 e. The highest BCUT2D eigenvalue weighted by molar-refractivity contribution is 7.15. The normalized spacial score (nSPS) is 17.9. The molecule has 0 radical (unpaired) electrons. The van der Waals surface area contributed by atoms with Crippen molar-refractivity contribution < 1.29 is 9.59 Å². The van der Waals surface area contributed by atoms with Gasteiger partial charge in [-0.15, -0.1) is 10.2 Å². The second-order valence-corrected chi connectivity index (χ2v) is 8.20. The summed E-state index contributed by atoms with van der Waals surface area (Å²) in [4.78, 5) is 28.9. The van der Waals surface area contributed by atoms with Gasteiger partial charge in [0.2, 0.25) is 11.0 Å². The molecule has 8 nitrogen and oxygen atoms in total. The van der Waals surface area contributed by atoms with E-state index in [1.807, 2.05) is 18.2 Å². The average Bonchev–Trinajstić information content (AvgIpc) is 3.48. The van der Waals surface area contributed by atoms with E-state index in [0.717, 1.165) is 36.6 Å². The van der Waals surface area contributed by atoms with Crippen molar-refractivity contribution in [2.75, 3.05) is 36.4 Å². The molecule has 1 aromatic heterocycles. The summed E-state index contributed by atoms with van der Waals surface area (Å²) >= 11 is 1.41. The van der Waals surface area contributed by atoms with Crippen molar-refractivity contribution in [1.29, 1.82) is 0 Å². The van der Waals surface area contributed by atoms with Gasteiger partial charge in [-0.2, -0.15) is 0 Å². The van der Waals surface area contributed by atoms with Gasteiger partial charge in [0.1, 0.15) is 11.0 Å². The van der Waals surface area contributed by atoms with Gasteiger partial charge in [0.05, 0.1) is 0 Å². The third-order valence-corrected chi connectivity index (χ3v) is 6.02. The number of hydrogen-bond donors (Lipinski definition) is 2. The Kier molecular flexibility index (Phi) is 5.43. The fourth-order valence-corrected chi connectivity index (χ4v) is 4.06. The number of para-hydroxylation sites is 1. The Balaban J connectivity index is 1.24. The van der Waals surface area contributed by atoms with Crippen LogP contribution in [0.5, 0.6) is 0 Å². The number of benzene rings is 1. The molecule has 2 aliphatic rings. The van der Waals surface area contributed by atoms with Crippen LogP contribution in [-0.4, -0.2) is 59.3 Å². The standard InChI is InChI=1S/C19H24N6O2S/c1-13(16(26)21-18-23-22-17(28-18)14-7-8-14)20-19(27)25-11-9-24(10-12-25)15-5-3-2-4-6-15/h2-6,13-14H,7-12H2,1H3,(H,20,27)(H,21,23,26). The Morgan fingerprint density at radius 1 is 1.11 bits per heavy atom. The van der Waals surface area contributed by atoms with Gasteiger partial charge in [-0.25, -0.2) is 4.79 Å². The molecule has 4 rings (SSSR count). The lowest BCUT2D eigenvalue weighted by molar-refractivity contribution is -0.117. The van der Waals surface area contributed by atoms with E-state index < -0.39 is 6.04 Å². The maximum Gasteiger partial charge on any atom is 0.318 e. The minimum absolute atomic E-state index is 0.216. The number of nitrogens with one attached hydrogen (secondary N) is 2. The molecule has 1 atom stereocenters. The van der Waals surface area contributed by atoms with Gasteiger partial charge in [-0.05, 0) is 31.9 Å². The number of carbonyl (C=O) groups excluding carboxylic acids is 2. The van der Waals surface area contributed by atoms with Gasteiger partial charge in [-0.3, -0.25) is 10.1 Å². The van der Waals surface area contributed by atoms with Gasteiger partial charge in [-0.1, -0.05) is 29.5 Å². The van der Waals surface area contributed by atoms with Gasteiger partial charge in [0, 0.05) is 37.8 Å². The lowest BCUT2D eigenvalue weighted by Gasteiger charge is -2.36. The predicted octanol–water partition coefficient (Wildman–Crippen LogP) is 2.27. The first-order valence-corrected chi connectivity index (χ1v) is 10.4. The van der Waals surface area contributed by atoms with Crippen LogP contribution in [0.4, 0.5) is 15.6 Å². The maximum absolute atomic E-state index is 12.5. The van der Waals surface area contributed by atoms with Crippen LogP contribution in [0.3, 0.4) is 0 Å². The molecule has 0 bridgehead atoms. The molecule has 2 N–H and O–H groups in total. The number of nitrogens with zero attached hydrogens (tertiary/aromatic N) is 4. The van der Waals surface area contributed by atoms with Gasteiger partial charge >= 0.3 is 6.03 Å². The maximum atomic E-state index is 12.5. The summed E-state index contributed by atoms with van der Waals surface area (Å²) in [5, 5.41) is 15.1. The molecular formula is C19H24N6O2S. The smallest absolute Gasteiger partial charge is 0.318 e. The van der Waals surface area contributed by atoms with E-state index in [9.17, 15) is 9.59 Å². The van der Waals surface area contributed by atoms with Crippen molar-refractivity contribution in [3.05, 3.63) is 35.3 Å². The number of rotatable bonds is 5. The molecule has 1 saturated carbocycles. The number of hydrogen-bond acceptors (Lipinski definition) is 6. The summed E-state index contributed by atoms with van der Waals surface area (Å²) in [5.41, 5.74) is 1.16. The van der Waals surface area contributed by atoms with Crippen LogP contribution >= 0.6 is 11.3 Å². The van der Waals surface area contributed by atoms with Crippen molar-refractivity contribution in [2.24, 2.45) is 0 Å². The van der Waals surface area contributed by atoms with Crippen molar-refractivity contribution >= 4 is 34.1 Å². The molecule has 1 aliphatic carbocycles. The first-order valence-electron chi connectivity index (χ1n) is 9.60. The third-order valence-electron chi connectivity index (χ3n) is 5.02. The molecule has 2 fully saturated rings. The van der Waals surface area contributed by atoms with Gasteiger partial charge in [0.15, 0.2) is 0 Å². The van der Waals surface area contributed by atoms with Crippen molar-refractivity contribution in [2.45, 2.75) is 31.7 Å². The summed E-state index contributed by atoms with van der Waals surface area (Å²) in [6, 6.07) is 9.31. The fraction of sp³-hybridized carbons (Fsp3) is 0.474. The molecule has 1 saturated heterocycles. The van der Waals surface area contributed by atoms with Crippen LogP contribution < -0.4 is 15.5 Å². The fourth-order valence-electron chi connectivity index (χ4n) is 3.14. The zero-order chi connectivity index (χ0) is 19.5. The Morgan fingerprint density at radius 3 is 2.50 bits per heavy atom. The number of piperazine rings is 1. The molecule has 148 valence electrons. The Bertz CT molecular complexity index is 830. The molecule has 9 heteroatoms. The number of carbonyl (C=O) groups is 2. The minimum atomic E-state index is -0.645. The topological polar surface area (TPSA) is 90.5 Å². The monoisotopic (exact) mass is 400 g/mol. The third kappa shape index (κ3) is 4.41. The summed E-state index contributed by atoms with van der Waals surface area (Å²) in [6.45, 7) is 4.46. The quantitative estimate of drug-likeness (QED) is 0.804. The summed E-state index contributed by atoms with van der Waals surface area (Å²) in [7, 11) is 0. The molecule has 2 aromatic rings. The molecule has 1 aliphatic heterocycles. The van der Waals surface area contributed by atoms with Crippen LogP contribution in [0, 0.1) is 0 Å². The molecule has 1 unspecified atom stereocenters. The zero-order valence-corrected chi connectivity index (χ0v) is 16.6. The molecule has 28 heavy (non-hydrogen) atoms. The van der Waals surface area contributed by atoms with E-state index in [-0.39, 0.29) is 11.9 Å². The van der Waals surface area contributed by atoms with Gasteiger partial charge in [0.25, 0.3) is 0 Å². The Hall–Kier alpha value is -2.68. The number of amides is 3. The van der Waals surface area contributed by atoms with E-state index in [2.05, 4.69) is 37.9 Å². The molecule has 3 amide bonds. The predicted molar refractivity (Wildman–Crippen MR) is 109 cm³/mol. The second-order valence-electron chi connectivity index (χ2n) is 7.19. The van der Waals surface area contributed by atoms with Crippen LogP contribution in [0.2, 0.25) is 0 Å². The number of aromatic nitrogens is 2. The summed E-state index contributed by atoms with van der Waals surface area (Å²) < 4.78 is 0. The minimum Gasteiger partial charge on any atom is -0.368 e. The van der Waals surface area contributed by atoms with Crippen LogP contribution in [0.1, 0.15) is 30.7 Å². The molecule has 1 aromatic carbocycles. The first kappa shape index (κ1) is 18.7. The van der Waals surface area contributed by atoms with Crippen molar-refractivity contribution in [3.8, 4) is 0 Å². The van der Waals surface area contributed by atoms with E-state index in [1.54, 1.807) is 11.8 Å². The highest BCUT2D eigenvalue weighted by Crippen LogP contribution is 2.42. The molecular weight excluding hydrogens is 376 g/mol. The van der Waals surface area contributed by atoms with Crippen LogP contribution in [0.25, 0.3) is 0 Å². The molecule has 2 heterocycles. The highest BCUT2D eigenvalue weighted by Gasteiger charge is 2.28.